The van der Waals surface area contributed by atoms with Gasteiger partial charge in [-0.05, 0) is 153 Å². The molecule has 1 N–H and O–H groups in total. The molecule has 330 valence electrons. The monoisotopic (exact) mass is 918 g/mol. The largest absolute Gasteiger partial charge is 0.480 e. The number of aromatic nitrogens is 10. The number of hydrogen-bond donors (Lipinski definition) is 1. The Kier molecular flexibility index (Phi) is 11.6. The van der Waals surface area contributed by atoms with Crippen LogP contribution in [0.5, 0.6) is 5.88 Å². The molecule has 16 heteroatoms. The minimum absolute atomic E-state index is 0.175. The van der Waals surface area contributed by atoms with Gasteiger partial charge < -0.3 is 9.72 Å². The molecule has 6 aromatic heterocycles. The van der Waals surface area contributed by atoms with Crippen molar-refractivity contribution in [1.82, 2.24) is 48.2 Å². The highest BCUT2D eigenvalue weighted by Gasteiger charge is 2.20. The predicted octanol–water partition coefficient (Wildman–Crippen LogP) is 11.1. The molecule has 14 nitrogen and oxygen atoms in total. The van der Waals surface area contributed by atoms with Crippen molar-refractivity contribution in [3.63, 3.8) is 0 Å². The molecule has 10 aromatic rings. The second-order valence-electron chi connectivity index (χ2n) is 16.0. The SMILES string of the molecule is CCc1nc2ccc(-n3c(=S)n(-c4ccc(C#N)c(C)c4)c4nccc(C)c43)cc2c(=O)[nH]1.[C-]#[N+]c1ccc(-n2c(=S)n(-c3ccc4nc(CC)nc(OC)c4c3)c3c(C)ccnc32)cc1C. The number of fused-ring (bicyclic) bond motifs is 4. The molecule has 0 aliphatic heterocycles. The zero-order chi connectivity index (χ0) is 47.3. The summed E-state index contributed by atoms with van der Waals surface area (Å²) in [5.74, 6) is 1.94. The Morgan fingerprint density at radius 3 is 1.73 bits per heavy atom. The maximum atomic E-state index is 12.7. The van der Waals surface area contributed by atoms with Crippen LogP contribution in [-0.2, 0) is 12.8 Å². The summed E-state index contributed by atoms with van der Waals surface area (Å²) >= 11 is 11.9. The van der Waals surface area contributed by atoms with E-state index in [9.17, 15) is 10.1 Å². The number of nitriles is 1. The van der Waals surface area contributed by atoms with Crippen molar-refractivity contribution >= 4 is 74.3 Å². The number of H-pyrrole nitrogens is 1. The summed E-state index contributed by atoms with van der Waals surface area (Å²) in [4.78, 5) is 42.2. The van der Waals surface area contributed by atoms with Crippen molar-refractivity contribution in [3.05, 3.63) is 168 Å². The number of methoxy groups -OCH3 is 1. The first-order chi connectivity index (χ1) is 32.4. The van der Waals surface area contributed by atoms with Gasteiger partial charge in [-0.1, -0.05) is 19.9 Å². The van der Waals surface area contributed by atoms with E-state index in [2.05, 4.69) is 40.8 Å². The maximum absolute atomic E-state index is 12.7. The molecule has 0 atom stereocenters. The highest BCUT2D eigenvalue weighted by molar-refractivity contribution is 7.71. The number of ether oxygens (including phenoxy) is 1. The fourth-order valence-electron chi connectivity index (χ4n) is 8.35. The van der Waals surface area contributed by atoms with Crippen molar-refractivity contribution in [2.24, 2.45) is 0 Å². The topological polar surface area (TPSA) is 154 Å². The van der Waals surface area contributed by atoms with Crippen LogP contribution < -0.4 is 10.3 Å². The molecule has 0 aliphatic rings. The van der Waals surface area contributed by atoms with Crippen molar-refractivity contribution in [2.75, 3.05) is 7.11 Å². The third kappa shape index (κ3) is 7.61. The lowest BCUT2D eigenvalue weighted by molar-refractivity contribution is 0.401. The van der Waals surface area contributed by atoms with Crippen molar-refractivity contribution in [3.8, 4) is 34.7 Å². The fraction of sp³-hybridized carbons (Fsp3) is 0.176. The Balaban J connectivity index is 0.000000168. The van der Waals surface area contributed by atoms with E-state index in [4.69, 9.17) is 35.7 Å². The van der Waals surface area contributed by atoms with Crippen molar-refractivity contribution in [1.29, 1.82) is 5.26 Å². The number of benzene rings is 4. The average molecular weight is 919 g/mol. The van der Waals surface area contributed by atoms with E-state index in [0.717, 1.165) is 84.8 Å². The van der Waals surface area contributed by atoms with E-state index >= 15 is 0 Å². The smallest absolute Gasteiger partial charge is 0.258 e. The number of aryl methyl sites for hydroxylation is 6. The Bertz CT molecular complexity index is 3940. The van der Waals surface area contributed by atoms with E-state index in [1.807, 2.05) is 139 Å². The second-order valence-corrected chi connectivity index (χ2v) is 16.7. The summed E-state index contributed by atoms with van der Waals surface area (Å²) in [6.07, 6.45) is 4.92. The predicted molar refractivity (Wildman–Crippen MR) is 267 cm³/mol. The first-order valence-electron chi connectivity index (χ1n) is 21.5. The number of pyridine rings is 2. The minimum atomic E-state index is -0.175. The lowest BCUT2D eigenvalue weighted by Gasteiger charge is -2.10. The summed E-state index contributed by atoms with van der Waals surface area (Å²) in [7, 11) is 1.62. The molecule has 0 fully saturated rings. The second kappa shape index (κ2) is 17.7. The van der Waals surface area contributed by atoms with Gasteiger partial charge in [0.05, 0.1) is 63.8 Å². The quantitative estimate of drug-likeness (QED) is 0.121. The van der Waals surface area contributed by atoms with Gasteiger partial charge in [0, 0.05) is 42.3 Å². The van der Waals surface area contributed by atoms with Gasteiger partial charge in [0.1, 0.15) is 11.6 Å². The van der Waals surface area contributed by atoms with Crippen LogP contribution in [-0.4, -0.2) is 55.3 Å². The van der Waals surface area contributed by atoms with Crippen LogP contribution in [0.1, 0.15) is 53.3 Å². The molecule has 0 bridgehead atoms. The zero-order valence-electron chi connectivity index (χ0n) is 37.7. The standard InChI is InChI=1S/C26H22N6OS.C25H20N6OS/c1-6-22-29-21-10-8-18(14-19(21)25(30-22)33-5)31-23-15(2)11-12-28-24(23)32(26(31)34)17-7-9-20(27-4)16(3)13-17;1-4-21-28-20-8-7-18(12-19(20)24(32)29-21)30-22-14(2)9-10-27-23(22)31(25(30)33)17-6-5-16(13-26)15(3)11-17/h7-14H,6H2,1-3,5H3;5-12H,4H2,1-3H3,(H,28,29,32). The van der Waals surface area contributed by atoms with Crippen LogP contribution in [0.2, 0.25) is 0 Å². The van der Waals surface area contributed by atoms with Crippen molar-refractivity contribution in [2.45, 2.75) is 54.4 Å². The zero-order valence-corrected chi connectivity index (χ0v) is 39.3. The first-order valence-corrected chi connectivity index (χ1v) is 22.3. The summed E-state index contributed by atoms with van der Waals surface area (Å²) in [6, 6.07) is 29.0. The summed E-state index contributed by atoms with van der Waals surface area (Å²) in [5.41, 5.74) is 12.9. The summed E-state index contributed by atoms with van der Waals surface area (Å²) < 4.78 is 14.5. The first kappa shape index (κ1) is 44.0. The number of hydrogen-bond acceptors (Lipinski definition) is 10. The van der Waals surface area contributed by atoms with Gasteiger partial charge in [-0.2, -0.15) is 10.2 Å². The number of aromatic amines is 1. The number of imidazole rings is 2. The normalized spacial score (nSPS) is 11.2. The average Bonchev–Trinajstić information content (AvgIpc) is 3.81. The Hall–Kier alpha value is -8.18. The van der Waals surface area contributed by atoms with Crippen LogP contribution in [0.15, 0.2) is 102 Å². The molecule has 6 heterocycles. The van der Waals surface area contributed by atoms with Gasteiger partial charge in [0.2, 0.25) is 5.88 Å². The molecule has 0 radical (unpaired) electrons. The summed E-state index contributed by atoms with van der Waals surface area (Å²) in [6.45, 7) is 19.2. The molecular formula is C51H42N12O2S2. The lowest BCUT2D eigenvalue weighted by atomic mass is 10.1. The van der Waals surface area contributed by atoms with E-state index < -0.39 is 0 Å². The van der Waals surface area contributed by atoms with Gasteiger partial charge in [-0.15, -0.1) is 0 Å². The van der Waals surface area contributed by atoms with E-state index in [-0.39, 0.29) is 5.56 Å². The van der Waals surface area contributed by atoms with Gasteiger partial charge in [-0.3, -0.25) is 23.1 Å². The highest BCUT2D eigenvalue weighted by Crippen LogP contribution is 2.33. The molecule has 0 amide bonds. The molecule has 0 saturated heterocycles. The van der Waals surface area contributed by atoms with E-state index in [1.165, 1.54) is 0 Å². The van der Waals surface area contributed by atoms with Crippen LogP contribution in [0.3, 0.4) is 0 Å². The molecule has 0 saturated carbocycles. The van der Waals surface area contributed by atoms with Gasteiger partial charge in [-0.25, -0.2) is 24.8 Å². The van der Waals surface area contributed by atoms with Crippen LogP contribution in [0, 0.1) is 55.1 Å². The summed E-state index contributed by atoms with van der Waals surface area (Å²) in [5, 5.41) is 10.6. The molecule has 0 spiro atoms. The van der Waals surface area contributed by atoms with Crippen LogP contribution in [0.4, 0.5) is 5.69 Å². The maximum Gasteiger partial charge on any atom is 0.258 e. The Labute approximate surface area is 394 Å². The van der Waals surface area contributed by atoms with Gasteiger partial charge in [0.15, 0.2) is 26.5 Å². The minimum Gasteiger partial charge on any atom is -0.480 e. The van der Waals surface area contributed by atoms with Crippen molar-refractivity contribution < 1.29 is 4.74 Å². The number of rotatable bonds is 7. The molecule has 10 rings (SSSR count). The highest BCUT2D eigenvalue weighted by atomic mass is 32.1. The molecule has 0 aliphatic carbocycles. The molecule has 4 aromatic carbocycles. The fourth-order valence-corrected chi connectivity index (χ4v) is 9.13. The van der Waals surface area contributed by atoms with Crippen LogP contribution >= 0.6 is 24.4 Å². The third-order valence-electron chi connectivity index (χ3n) is 11.8. The molecular weight excluding hydrogens is 877 g/mol. The molecule has 67 heavy (non-hydrogen) atoms. The van der Waals surface area contributed by atoms with E-state index in [1.54, 1.807) is 25.6 Å². The van der Waals surface area contributed by atoms with Crippen LogP contribution in [0.25, 0.3) is 71.7 Å². The lowest BCUT2D eigenvalue weighted by Crippen LogP contribution is -2.12. The Morgan fingerprint density at radius 2 is 1.21 bits per heavy atom. The third-order valence-corrected chi connectivity index (χ3v) is 12.5. The van der Waals surface area contributed by atoms with Gasteiger partial charge in [0.25, 0.3) is 5.56 Å². The van der Waals surface area contributed by atoms with E-state index in [0.29, 0.717) is 55.5 Å². The Morgan fingerprint density at radius 1 is 0.672 bits per heavy atom. The number of nitrogens with one attached hydrogen (secondary N) is 1. The molecule has 0 unspecified atom stereocenters. The number of nitrogens with zero attached hydrogens (tertiary/aromatic N) is 11. The van der Waals surface area contributed by atoms with Gasteiger partial charge >= 0.3 is 0 Å².